The van der Waals surface area contributed by atoms with Crippen LogP contribution < -0.4 is 0 Å². The summed E-state index contributed by atoms with van der Waals surface area (Å²) in [5.41, 5.74) is -2.29. The smallest absolute Gasteiger partial charge is 0.334 e. The second-order valence-corrected chi connectivity index (χ2v) is 9.24. The molecule has 1 atom stereocenters. The molecule has 0 aliphatic heterocycles. The first-order valence-electron chi connectivity index (χ1n) is 4.64. The van der Waals surface area contributed by atoms with Gasteiger partial charge in [-0.2, -0.15) is 0 Å². The van der Waals surface area contributed by atoms with Crippen LogP contribution in [0.25, 0.3) is 0 Å². The Morgan fingerprint density at radius 1 is 1.60 bits per heavy atom. The van der Waals surface area contributed by atoms with Crippen LogP contribution in [0.1, 0.15) is 27.7 Å². The van der Waals surface area contributed by atoms with Gasteiger partial charge in [0, 0.05) is 6.16 Å². The van der Waals surface area contributed by atoms with E-state index in [2.05, 4.69) is 0 Å². The number of carbonyl (C=O) groups is 1. The van der Waals surface area contributed by atoms with Gasteiger partial charge >= 0.3 is 5.97 Å². The summed E-state index contributed by atoms with van der Waals surface area (Å²) in [6, 6.07) is 0. The normalized spacial score (nSPS) is 16.0. The SMILES string of the molecule is CCP(=S)(Cl)OC(C)=CC(=O)OC(C)C. The highest BCUT2D eigenvalue weighted by molar-refractivity contribution is 8.24. The van der Waals surface area contributed by atoms with Crippen molar-refractivity contribution in [1.82, 2.24) is 0 Å². The van der Waals surface area contributed by atoms with E-state index in [0.717, 1.165) is 0 Å². The van der Waals surface area contributed by atoms with E-state index in [1.54, 1.807) is 20.8 Å². The average Bonchev–Trinajstić information content (AvgIpc) is 2.00. The van der Waals surface area contributed by atoms with Crippen molar-refractivity contribution in [2.75, 3.05) is 6.16 Å². The molecule has 0 bridgehead atoms. The highest BCUT2D eigenvalue weighted by Crippen LogP contribution is 2.53. The Balaban J connectivity index is 4.32. The van der Waals surface area contributed by atoms with Gasteiger partial charge in [-0.05, 0) is 43.8 Å². The van der Waals surface area contributed by atoms with Crippen LogP contribution >= 0.6 is 16.9 Å². The van der Waals surface area contributed by atoms with Crippen molar-refractivity contribution in [3.8, 4) is 0 Å². The quantitative estimate of drug-likeness (QED) is 0.332. The molecule has 0 radical (unpaired) electrons. The minimum Gasteiger partial charge on any atom is -0.460 e. The van der Waals surface area contributed by atoms with E-state index in [1.807, 2.05) is 6.92 Å². The average molecular weight is 271 g/mol. The maximum absolute atomic E-state index is 11.2. The van der Waals surface area contributed by atoms with Crippen molar-refractivity contribution in [2.24, 2.45) is 0 Å². The van der Waals surface area contributed by atoms with Gasteiger partial charge in [-0.1, -0.05) is 6.92 Å². The first-order chi connectivity index (χ1) is 6.76. The summed E-state index contributed by atoms with van der Waals surface area (Å²) in [5, 5.41) is 0. The third-order valence-electron chi connectivity index (χ3n) is 1.33. The lowest BCUT2D eigenvalue weighted by Crippen LogP contribution is -2.09. The molecule has 0 spiro atoms. The molecule has 0 saturated carbocycles. The number of allylic oxidation sites excluding steroid dienone is 1. The molecular weight excluding hydrogens is 255 g/mol. The molecule has 1 unspecified atom stereocenters. The molecule has 0 aromatic carbocycles. The third-order valence-corrected chi connectivity index (χ3v) is 4.57. The van der Waals surface area contributed by atoms with Gasteiger partial charge in [0.15, 0.2) is 5.62 Å². The fourth-order valence-electron chi connectivity index (χ4n) is 0.738. The van der Waals surface area contributed by atoms with Gasteiger partial charge in [0.25, 0.3) is 0 Å². The highest BCUT2D eigenvalue weighted by Gasteiger charge is 2.13. The number of ether oxygens (including phenoxy) is 1. The van der Waals surface area contributed by atoms with Gasteiger partial charge in [-0.15, -0.1) is 0 Å². The summed E-state index contributed by atoms with van der Waals surface area (Å²) in [5.74, 6) is -0.0360. The van der Waals surface area contributed by atoms with Crippen molar-refractivity contribution in [1.29, 1.82) is 0 Å². The van der Waals surface area contributed by atoms with E-state index in [4.69, 9.17) is 32.3 Å². The number of halogens is 1. The van der Waals surface area contributed by atoms with Crippen molar-refractivity contribution < 1.29 is 14.1 Å². The van der Waals surface area contributed by atoms with Crippen molar-refractivity contribution >= 4 is 34.6 Å². The minimum atomic E-state index is -2.29. The van der Waals surface area contributed by atoms with E-state index in [1.165, 1.54) is 6.08 Å². The Labute approximate surface area is 101 Å². The molecule has 0 aromatic heterocycles. The Morgan fingerprint density at radius 2 is 2.13 bits per heavy atom. The summed E-state index contributed by atoms with van der Waals surface area (Å²) in [6.45, 7) is 7.05. The molecule has 0 amide bonds. The van der Waals surface area contributed by atoms with Crippen LogP contribution in [0.15, 0.2) is 11.8 Å². The Kier molecular flexibility index (Phi) is 6.49. The van der Waals surface area contributed by atoms with Gasteiger partial charge in [0.05, 0.1) is 12.2 Å². The molecule has 3 nitrogen and oxygen atoms in total. The highest BCUT2D eigenvalue weighted by atomic mass is 35.7. The van der Waals surface area contributed by atoms with Gasteiger partial charge in [0.2, 0.25) is 0 Å². The molecule has 0 heterocycles. The second kappa shape index (κ2) is 6.51. The predicted octanol–water partition coefficient (Wildman–Crippen LogP) is 3.43. The summed E-state index contributed by atoms with van der Waals surface area (Å²) in [6.07, 6.45) is 1.69. The number of esters is 1. The van der Waals surface area contributed by atoms with Gasteiger partial charge in [0.1, 0.15) is 5.76 Å². The fraction of sp³-hybridized carbons (Fsp3) is 0.667. The lowest BCUT2D eigenvalue weighted by molar-refractivity contribution is -0.141. The standard InChI is InChI=1S/C9H16ClO3PS/c1-5-14(10,15)13-8(4)6-9(11)12-7(2)3/h6-7H,5H2,1-4H3. The zero-order chi connectivity index (χ0) is 12.1. The molecule has 0 N–H and O–H groups in total. The molecular formula is C9H16ClO3PS. The Hall–Kier alpha value is -0.0500. The first-order valence-corrected chi connectivity index (χ1v) is 8.45. The zero-order valence-corrected chi connectivity index (χ0v) is 11.8. The van der Waals surface area contributed by atoms with E-state index >= 15 is 0 Å². The molecule has 6 heteroatoms. The van der Waals surface area contributed by atoms with Gasteiger partial charge < -0.3 is 9.26 Å². The van der Waals surface area contributed by atoms with E-state index in [-0.39, 0.29) is 6.10 Å². The van der Waals surface area contributed by atoms with Crippen molar-refractivity contribution in [3.05, 3.63) is 11.8 Å². The largest absolute Gasteiger partial charge is 0.460 e. The molecule has 0 aliphatic rings. The topological polar surface area (TPSA) is 35.5 Å². The van der Waals surface area contributed by atoms with Crippen LogP contribution in [-0.4, -0.2) is 18.2 Å². The minimum absolute atomic E-state index is 0.146. The molecule has 15 heavy (non-hydrogen) atoms. The molecule has 0 aromatic rings. The Morgan fingerprint density at radius 3 is 2.53 bits per heavy atom. The molecule has 0 aliphatic carbocycles. The number of rotatable bonds is 5. The Bertz CT molecular complexity index is 302. The number of hydrogen-bond acceptors (Lipinski definition) is 4. The van der Waals surface area contributed by atoms with Crippen molar-refractivity contribution in [3.63, 3.8) is 0 Å². The molecule has 88 valence electrons. The van der Waals surface area contributed by atoms with Crippen LogP contribution in [0, 0.1) is 0 Å². The summed E-state index contributed by atoms with van der Waals surface area (Å²) in [4.78, 5) is 11.2. The third kappa shape index (κ3) is 7.83. The van der Waals surface area contributed by atoms with E-state index < -0.39 is 11.6 Å². The summed E-state index contributed by atoms with van der Waals surface area (Å²) in [7, 11) is 0. The van der Waals surface area contributed by atoms with Crippen LogP contribution in [0.4, 0.5) is 0 Å². The summed E-state index contributed by atoms with van der Waals surface area (Å²) < 4.78 is 10.2. The zero-order valence-electron chi connectivity index (χ0n) is 9.32. The van der Waals surface area contributed by atoms with Crippen molar-refractivity contribution in [2.45, 2.75) is 33.8 Å². The fourth-order valence-corrected chi connectivity index (χ4v) is 2.03. The number of hydrogen-bond donors (Lipinski definition) is 0. The van der Waals surface area contributed by atoms with E-state index in [0.29, 0.717) is 11.9 Å². The number of carbonyl (C=O) groups excluding carboxylic acids is 1. The van der Waals surface area contributed by atoms with Crippen LogP contribution in [-0.2, 0) is 25.9 Å². The first kappa shape index (κ1) is 14.9. The maximum atomic E-state index is 11.2. The monoisotopic (exact) mass is 270 g/mol. The van der Waals surface area contributed by atoms with Gasteiger partial charge in [-0.3, -0.25) is 0 Å². The lowest BCUT2D eigenvalue weighted by Gasteiger charge is -2.14. The molecule has 0 saturated heterocycles. The molecule has 0 rings (SSSR count). The second-order valence-electron chi connectivity index (χ2n) is 3.24. The maximum Gasteiger partial charge on any atom is 0.334 e. The van der Waals surface area contributed by atoms with Gasteiger partial charge in [-0.25, -0.2) is 4.79 Å². The van der Waals surface area contributed by atoms with Crippen LogP contribution in [0.5, 0.6) is 0 Å². The lowest BCUT2D eigenvalue weighted by atomic mass is 10.4. The van der Waals surface area contributed by atoms with Crippen LogP contribution in [0.2, 0.25) is 0 Å². The van der Waals surface area contributed by atoms with Crippen LogP contribution in [0.3, 0.4) is 0 Å². The molecule has 0 fully saturated rings. The summed E-state index contributed by atoms with van der Waals surface area (Å²) >= 11 is 10.9. The van der Waals surface area contributed by atoms with E-state index in [9.17, 15) is 4.79 Å². The predicted molar refractivity (Wildman–Crippen MR) is 66.7 cm³/mol.